The third-order valence-corrected chi connectivity index (χ3v) is 4.31. The number of nitrogens with zero attached hydrogens (tertiary/aromatic N) is 3. The number of piperidine rings is 1. The van der Waals surface area contributed by atoms with Crippen LogP contribution in [0.25, 0.3) is 0 Å². The van der Waals surface area contributed by atoms with Crippen molar-refractivity contribution in [2.75, 3.05) is 33.2 Å². The molecule has 0 aromatic rings. The number of nitrogens with one attached hydrogen (secondary N) is 1. The van der Waals surface area contributed by atoms with Gasteiger partial charge in [0.1, 0.15) is 5.66 Å². The van der Waals surface area contributed by atoms with Crippen LogP contribution in [0.5, 0.6) is 0 Å². The first kappa shape index (κ1) is 14.5. The van der Waals surface area contributed by atoms with Crippen LogP contribution in [0, 0.1) is 0 Å². The third kappa shape index (κ3) is 2.56. The summed E-state index contributed by atoms with van der Waals surface area (Å²) in [4.78, 5) is 18.6. The summed E-state index contributed by atoms with van der Waals surface area (Å²) in [6.45, 7) is 7.39. The molecule has 19 heavy (non-hydrogen) atoms. The SMILES string of the molecule is CCCN1C(=O)N(CC)C(=S)NC12CCCN(C)C2. The number of thiocarbonyl (C=S) groups is 1. The lowest BCUT2D eigenvalue weighted by molar-refractivity contribution is 0.0128. The third-order valence-electron chi connectivity index (χ3n) is 3.99. The first-order valence-corrected chi connectivity index (χ1v) is 7.54. The van der Waals surface area contributed by atoms with Gasteiger partial charge in [-0.2, -0.15) is 0 Å². The number of likely N-dealkylation sites (N-methyl/N-ethyl adjacent to an activating group) is 1. The standard InChI is InChI=1S/C13H24N4OS/c1-4-8-17-12(18)16(5-2)11(19)14-13(17)7-6-9-15(3)10-13/h4-10H2,1-3H3,(H,14,19). The normalized spacial score (nSPS) is 29.0. The minimum absolute atomic E-state index is 0.0587. The van der Waals surface area contributed by atoms with E-state index in [0.717, 1.165) is 38.9 Å². The Morgan fingerprint density at radius 3 is 2.74 bits per heavy atom. The van der Waals surface area contributed by atoms with E-state index >= 15 is 0 Å². The average Bonchev–Trinajstić information content (AvgIpc) is 2.35. The Balaban J connectivity index is 2.30. The van der Waals surface area contributed by atoms with E-state index in [1.807, 2.05) is 11.8 Å². The lowest BCUT2D eigenvalue weighted by Gasteiger charge is -2.54. The van der Waals surface area contributed by atoms with Gasteiger partial charge in [-0.05, 0) is 52.0 Å². The Labute approximate surface area is 120 Å². The molecule has 0 bridgehead atoms. The van der Waals surface area contributed by atoms with Crippen molar-refractivity contribution >= 4 is 23.4 Å². The molecule has 2 saturated heterocycles. The van der Waals surface area contributed by atoms with Crippen LogP contribution in [-0.4, -0.2) is 64.7 Å². The molecule has 0 saturated carbocycles. The molecule has 1 unspecified atom stereocenters. The second-order valence-electron chi connectivity index (χ2n) is 5.48. The summed E-state index contributed by atoms with van der Waals surface area (Å²) in [6.07, 6.45) is 3.02. The fourth-order valence-corrected chi connectivity index (χ4v) is 3.53. The zero-order valence-electron chi connectivity index (χ0n) is 12.1. The number of hydrogen-bond donors (Lipinski definition) is 1. The maximum Gasteiger partial charge on any atom is 0.328 e. The number of carbonyl (C=O) groups excluding carboxylic acids is 1. The van der Waals surface area contributed by atoms with E-state index in [4.69, 9.17) is 12.2 Å². The van der Waals surface area contributed by atoms with Gasteiger partial charge in [-0.25, -0.2) is 4.79 Å². The van der Waals surface area contributed by atoms with Crippen molar-refractivity contribution in [3.63, 3.8) is 0 Å². The largest absolute Gasteiger partial charge is 0.338 e. The quantitative estimate of drug-likeness (QED) is 0.796. The number of hydrogen-bond acceptors (Lipinski definition) is 3. The Morgan fingerprint density at radius 2 is 2.16 bits per heavy atom. The summed E-state index contributed by atoms with van der Waals surface area (Å²) in [6, 6.07) is 0.0587. The average molecular weight is 284 g/mol. The molecule has 2 rings (SSSR count). The molecule has 2 amide bonds. The van der Waals surface area contributed by atoms with Crippen molar-refractivity contribution in [1.82, 2.24) is 20.0 Å². The molecular formula is C13H24N4OS. The second kappa shape index (κ2) is 5.63. The zero-order chi connectivity index (χ0) is 14.0. The van der Waals surface area contributed by atoms with Crippen LogP contribution >= 0.6 is 12.2 Å². The minimum Gasteiger partial charge on any atom is -0.338 e. The van der Waals surface area contributed by atoms with Crippen LogP contribution in [0.1, 0.15) is 33.1 Å². The monoisotopic (exact) mass is 284 g/mol. The van der Waals surface area contributed by atoms with Gasteiger partial charge in [-0.15, -0.1) is 0 Å². The number of likely N-dealkylation sites (tertiary alicyclic amines) is 1. The molecule has 2 fully saturated rings. The first-order chi connectivity index (χ1) is 9.04. The predicted octanol–water partition coefficient (Wildman–Crippen LogP) is 1.45. The van der Waals surface area contributed by atoms with Gasteiger partial charge >= 0.3 is 6.03 Å². The lowest BCUT2D eigenvalue weighted by Crippen LogP contribution is -2.76. The molecule has 2 heterocycles. The molecule has 5 nitrogen and oxygen atoms in total. The van der Waals surface area contributed by atoms with Crippen LogP contribution in [0.15, 0.2) is 0 Å². The Kier molecular flexibility index (Phi) is 4.30. The molecular weight excluding hydrogens is 260 g/mol. The summed E-state index contributed by atoms with van der Waals surface area (Å²) in [5.74, 6) is 0. The van der Waals surface area contributed by atoms with Gasteiger partial charge in [0.15, 0.2) is 5.11 Å². The van der Waals surface area contributed by atoms with Crippen molar-refractivity contribution in [3.8, 4) is 0 Å². The van der Waals surface area contributed by atoms with Gasteiger partial charge in [0, 0.05) is 19.6 Å². The minimum atomic E-state index is -0.303. The highest BCUT2D eigenvalue weighted by Gasteiger charge is 2.48. The first-order valence-electron chi connectivity index (χ1n) is 7.14. The second-order valence-corrected chi connectivity index (χ2v) is 5.87. The number of rotatable bonds is 3. The van der Waals surface area contributed by atoms with Gasteiger partial charge in [0.25, 0.3) is 0 Å². The molecule has 1 N–H and O–H groups in total. The molecule has 2 aliphatic heterocycles. The molecule has 108 valence electrons. The fraction of sp³-hybridized carbons (Fsp3) is 0.846. The van der Waals surface area contributed by atoms with E-state index in [1.165, 1.54) is 0 Å². The number of carbonyl (C=O) groups is 1. The van der Waals surface area contributed by atoms with Gasteiger partial charge in [-0.3, -0.25) is 9.80 Å². The van der Waals surface area contributed by atoms with Crippen molar-refractivity contribution in [3.05, 3.63) is 0 Å². The molecule has 0 aliphatic carbocycles. The molecule has 6 heteroatoms. The van der Waals surface area contributed by atoms with E-state index < -0.39 is 0 Å². The van der Waals surface area contributed by atoms with Gasteiger partial charge in [0.2, 0.25) is 0 Å². The molecule has 1 atom stereocenters. The molecule has 0 radical (unpaired) electrons. The van der Waals surface area contributed by atoms with E-state index in [2.05, 4.69) is 24.2 Å². The predicted molar refractivity (Wildman–Crippen MR) is 80.0 cm³/mol. The van der Waals surface area contributed by atoms with Crippen molar-refractivity contribution in [2.45, 2.75) is 38.8 Å². The summed E-state index contributed by atoms with van der Waals surface area (Å²) in [7, 11) is 2.10. The lowest BCUT2D eigenvalue weighted by atomic mass is 9.95. The van der Waals surface area contributed by atoms with Crippen molar-refractivity contribution in [1.29, 1.82) is 0 Å². The number of urea groups is 1. The van der Waals surface area contributed by atoms with E-state index in [1.54, 1.807) is 4.90 Å². The molecule has 0 aromatic carbocycles. The van der Waals surface area contributed by atoms with E-state index in [0.29, 0.717) is 11.7 Å². The molecule has 0 aromatic heterocycles. The van der Waals surface area contributed by atoms with Crippen LogP contribution in [0.2, 0.25) is 0 Å². The fourth-order valence-electron chi connectivity index (χ4n) is 3.13. The highest BCUT2D eigenvalue weighted by molar-refractivity contribution is 7.80. The maximum atomic E-state index is 12.6. The molecule has 1 spiro atoms. The Bertz CT molecular complexity index is 376. The van der Waals surface area contributed by atoms with Crippen LogP contribution in [0.3, 0.4) is 0 Å². The Hall–Kier alpha value is -0.880. The smallest absolute Gasteiger partial charge is 0.328 e. The highest BCUT2D eigenvalue weighted by Crippen LogP contribution is 2.29. The maximum absolute atomic E-state index is 12.6. The summed E-state index contributed by atoms with van der Waals surface area (Å²) in [5.41, 5.74) is -0.303. The van der Waals surface area contributed by atoms with E-state index in [-0.39, 0.29) is 11.7 Å². The van der Waals surface area contributed by atoms with Gasteiger partial charge in [0.05, 0.1) is 0 Å². The summed E-state index contributed by atoms with van der Waals surface area (Å²) >= 11 is 5.38. The van der Waals surface area contributed by atoms with Crippen molar-refractivity contribution < 1.29 is 4.79 Å². The Morgan fingerprint density at radius 1 is 1.42 bits per heavy atom. The van der Waals surface area contributed by atoms with E-state index in [9.17, 15) is 4.79 Å². The van der Waals surface area contributed by atoms with Crippen molar-refractivity contribution in [2.24, 2.45) is 0 Å². The zero-order valence-corrected chi connectivity index (χ0v) is 12.9. The van der Waals surface area contributed by atoms with Gasteiger partial charge < -0.3 is 10.2 Å². The van der Waals surface area contributed by atoms with Crippen LogP contribution in [-0.2, 0) is 0 Å². The summed E-state index contributed by atoms with van der Waals surface area (Å²) < 4.78 is 0. The van der Waals surface area contributed by atoms with Crippen LogP contribution < -0.4 is 5.32 Å². The number of amides is 2. The summed E-state index contributed by atoms with van der Waals surface area (Å²) in [5, 5.41) is 4.03. The highest BCUT2D eigenvalue weighted by atomic mass is 32.1. The van der Waals surface area contributed by atoms with Gasteiger partial charge in [-0.1, -0.05) is 6.92 Å². The topological polar surface area (TPSA) is 38.8 Å². The molecule has 2 aliphatic rings. The van der Waals surface area contributed by atoms with Crippen LogP contribution in [0.4, 0.5) is 4.79 Å².